The highest BCUT2D eigenvalue weighted by Gasteiger charge is 2.25. The minimum absolute atomic E-state index is 0. The number of benzene rings is 1. The smallest absolute Gasteiger partial charge is 0.225 e. The van der Waals surface area contributed by atoms with Gasteiger partial charge in [0.1, 0.15) is 5.75 Å². The molecule has 6 nitrogen and oxygen atoms in total. The van der Waals surface area contributed by atoms with Crippen LogP contribution in [-0.4, -0.2) is 57.8 Å². The van der Waals surface area contributed by atoms with Gasteiger partial charge < -0.3 is 15.0 Å². The molecule has 1 amide bonds. The van der Waals surface area contributed by atoms with E-state index in [0.29, 0.717) is 24.8 Å². The Morgan fingerprint density at radius 1 is 1.15 bits per heavy atom. The summed E-state index contributed by atoms with van der Waals surface area (Å²) in [6.45, 7) is 3.05. The van der Waals surface area contributed by atoms with Crippen molar-refractivity contribution in [2.24, 2.45) is 5.92 Å². The quantitative estimate of drug-likeness (QED) is 0.703. The molecule has 1 saturated carbocycles. The van der Waals surface area contributed by atoms with Crippen LogP contribution < -0.4 is 10.1 Å². The number of piperidine rings is 1. The molecule has 2 fully saturated rings. The summed E-state index contributed by atoms with van der Waals surface area (Å²) in [5.74, 6) is 1.59. The van der Waals surface area contributed by atoms with Crippen molar-refractivity contribution in [1.82, 2.24) is 10.2 Å². The molecule has 1 aromatic rings. The van der Waals surface area contributed by atoms with E-state index in [2.05, 4.69) is 5.32 Å². The van der Waals surface area contributed by atoms with Gasteiger partial charge in [0.2, 0.25) is 5.91 Å². The molecule has 1 N–H and O–H groups in total. The van der Waals surface area contributed by atoms with Crippen LogP contribution in [-0.2, 0) is 14.6 Å². The highest BCUT2D eigenvalue weighted by molar-refractivity contribution is 7.90. The van der Waals surface area contributed by atoms with Crippen molar-refractivity contribution < 1.29 is 17.9 Å². The molecule has 2 aliphatic rings. The second-order valence-electron chi connectivity index (χ2n) is 7.35. The van der Waals surface area contributed by atoms with E-state index in [1.54, 1.807) is 12.1 Å². The van der Waals surface area contributed by atoms with Crippen LogP contribution in [0.25, 0.3) is 0 Å². The number of ether oxygens (including phenoxy) is 1. The van der Waals surface area contributed by atoms with Gasteiger partial charge in [-0.05, 0) is 62.4 Å². The largest absolute Gasteiger partial charge is 0.493 e. The van der Waals surface area contributed by atoms with Crippen molar-refractivity contribution in [3.8, 4) is 5.75 Å². The van der Waals surface area contributed by atoms with E-state index in [0.717, 1.165) is 38.4 Å². The van der Waals surface area contributed by atoms with Gasteiger partial charge in [-0.3, -0.25) is 4.79 Å². The minimum atomic E-state index is -3.20. The van der Waals surface area contributed by atoms with E-state index >= 15 is 0 Å². The van der Waals surface area contributed by atoms with Crippen LogP contribution in [0, 0.1) is 5.92 Å². The van der Waals surface area contributed by atoms with E-state index < -0.39 is 9.84 Å². The number of nitrogens with zero attached hydrogens (tertiary/aromatic N) is 1. The van der Waals surface area contributed by atoms with Crippen molar-refractivity contribution in [3.63, 3.8) is 0 Å². The van der Waals surface area contributed by atoms with Crippen LogP contribution in [0.1, 0.15) is 32.1 Å². The first kappa shape index (κ1) is 22.0. The van der Waals surface area contributed by atoms with Crippen LogP contribution in [0.15, 0.2) is 29.2 Å². The van der Waals surface area contributed by atoms with Crippen LogP contribution in [0.5, 0.6) is 5.75 Å². The van der Waals surface area contributed by atoms with Crippen LogP contribution >= 0.6 is 12.4 Å². The number of sulfone groups is 1. The van der Waals surface area contributed by atoms with Gasteiger partial charge in [0, 0.05) is 25.4 Å². The molecule has 0 atom stereocenters. The molecule has 0 unspecified atom stereocenters. The molecule has 0 aromatic heterocycles. The summed E-state index contributed by atoms with van der Waals surface area (Å²) in [5.41, 5.74) is 0. The van der Waals surface area contributed by atoms with Gasteiger partial charge in [0.15, 0.2) is 9.84 Å². The number of rotatable bonds is 8. The molecule has 0 radical (unpaired) electrons. The summed E-state index contributed by atoms with van der Waals surface area (Å²) in [4.78, 5) is 14.5. The van der Waals surface area contributed by atoms with Crippen LogP contribution in [0.4, 0.5) is 0 Å². The third-order valence-electron chi connectivity index (χ3n) is 5.08. The SMILES string of the molecule is CS(=O)(=O)c1ccc(OCCC(=O)N2CCC(NCC3CC3)CC2)cc1.Cl. The van der Waals surface area contributed by atoms with Gasteiger partial charge in [-0.25, -0.2) is 8.42 Å². The molecule has 0 bridgehead atoms. The molecule has 1 saturated heterocycles. The van der Waals surface area contributed by atoms with Crippen molar-refractivity contribution in [3.05, 3.63) is 24.3 Å². The van der Waals surface area contributed by atoms with Crippen molar-refractivity contribution in [2.75, 3.05) is 32.5 Å². The summed E-state index contributed by atoms with van der Waals surface area (Å²) in [6, 6.07) is 6.83. The van der Waals surface area contributed by atoms with Crippen LogP contribution in [0.3, 0.4) is 0 Å². The van der Waals surface area contributed by atoms with Crippen LogP contribution in [0.2, 0.25) is 0 Å². The molecule has 1 aliphatic carbocycles. The molecule has 3 rings (SSSR count). The fourth-order valence-electron chi connectivity index (χ4n) is 3.19. The molecule has 8 heteroatoms. The predicted molar refractivity (Wildman–Crippen MR) is 107 cm³/mol. The maximum Gasteiger partial charge on any atom is 0.225 e. The molecule has 152 valence electrons. The molecule has 27 heavy (non-hydrogen) atoms. The second kappa shape index (κ2) is 9.75. The predicted octanol–water partition coefficient (Wildman–Crippen LogP) is 2.27. The third kappa shape index (κ3) is 6.97. The highest BCUT2D eigenvalue weighted by atomic mass is 35.5. The number of nitrogens with one attached hydrogen (secondary N) is 1. The number of hydrogen-bond acceptors (Lipinski definition) is 5. The number of carbonyl (C=O) groups excluding carboxylic acids is 1. The first-order chi connectivity index (χ1) is 12.4. The number of amides is 1. The number of halogens is 1. The molecule has 0 spiro atoms. The zero-order valence-corrected chi connectivity index (χ0v) is 17.4. The zero-order chi connectivity index (χ0) is 18.6. The Morgan fingerprint density at radius 2 is 1.78 bits per heavy atom. The van der Waals surface area contributed by atoms with Gasteiger partial charge in [-0.2, -0.15) is 0 Å². The Labute approximate surface area is 168 Å². The standard InChI is InChI=1S/C19H28N2O4S.ClH/c1-26(23,24)18-6-4-17(5-7-18)25-13-10-19(22)21-11-8-16(9-12-21)20-14-15-2-3-15;/h4-7,15-16,20H,2-3,8-14H2,1H3;1H. The number of likely N-dealkylation sites (tertiary alicyclic amines) is 1. The molecule has 1 heterocycles. The normalized spacial score (nSPS) is 18.0. The lowest BCUT2D eigenvalue weighted by molar-refractivity contribution is -0.132. The maximum atomic E-state index is 12.3. The monoisotopic (exact) mass is 416 g/mol. The van der Waals surface area contributed by atoms with Gasteiger partial charge >= 0.3 is 0 Å². The van der Waals surface area contributed by atoms with E-state index in [4.69, 9.17) is 4.74 Å². The Bertz CT molecular complexity index is 712. The molecule has 1 aromatic carbocycles. The van der Waals surface area contributed by atoms with Crippen molar-refractivity contribution in [2.45, 2.75) is 43.0 Å². The van der Waals surface area contributed by atoms with E-state index in [-0.39, 0.29) is 23.2 Å². The second-order valence-corrected chi connectivity index (χ2v) is 9.36. The Morgan fingerprint density at radius 3 is 2.33 bits per heavy atom. The summed E-state index contributed by atoms with van der Waals surface area (Å²) >= 11 is 0. The minimum Gasteiger partial charge on any atom is -0.493 e. The van der Waals surface area contributed by atoms with E-state index in [9.17, 15) is 13.2 Å². The van der Waals surface area contributed by atoms with Gasteiger partial charge in [0.05, 0.1) is 17.9 Å². The van der Waals surface area contributed by atoms with E-state index in [1.807, 2.05) is 4.90 Å². The number of hydrogen-bond donors (Lipinski definition) is 1. The molecule has 1 aliphatic heterocycles. The average molecular weight is 417 g/mol. The topological polar surface area (TPSA) is 75.7 Å². The Balaban J connectivity index is 0.00000261. The summed E-state index contributed by atoms with van der Waals surface area (Å²) in [6.07, 6.45) is 6.28. The zero-order valence-electron chi connectivity index (χ0n) is 15.7. The lowest BCUT2D eigenvalue weighted by Crippen LogP contribution is -2.45. The average Bonchev–Trinajstić information content (AvgIpc) is 3.44. The fourth-order valence-corrected chi connectivity index (χ4v) is 3.82. The third-order valence-corrected chi connectivity index (χ3v) is 6.20. The Hall–Kier alpha value is -1.31. The van der Waals surface area contributed by atoms with Gasteiger partial charge in [0.25, 0.3) is 0 Å². The molecular weight excluding hydrogens is 388 g/mol. The fraction of sp³-hybridized carbons (Fsp3) is 0.632. The maximum absolute atomic E-state index is 12.3. The Kier molecular flexibility index (Phi) is 7.94. The molecular formula is C19H29ClN2O4S. The first-order valence-electron chi connectivity index (χ1n) is 9.36. The highest BCUT2D eigenvalue weighted by Crippen LogP contribution is 2.28. The van der Waals surface area contributed by atoms with E-state index in [1.165, 1.54) is 31.2 Å². The van der Waals surface area contributed by atoms with Gasteiger partial charge in [-0.1, -0.05) is 0 Å². The first-order valence-corrected chi connectivity index (χ1v) is 11.2. The lowest BCUT2D eigenvalue weighted by Gasteiger charge is -2.32. The van der Waals surface area contributed by atoms with Gasteiger partial charge in [-0.15, -0.1) is 12.4 Å². The van der Waals surface area contributed by atoms with Crippen molar-refractivity contribution in [1.29, 1.82) is 0 Å². The lowest BCUT2D eigenvalue weighted by atomic mass is 10.0. The summed E-state index contributed by atoms with van der Waals surface area (Å²) in [5, 5.41) is 3.62. The summed E-state index contributed by atoms with van der Waals surface area (Å²) in [7, 11) is -3.20. The van der Waals surface area contributed by atoms with Crippen molar-refractivity contribution >= 4 is 28.2 Å². The summed E-state index contributed by atoms with van der Waals surface area (Å²) < 4.78 is 28.4. The number of carbonyl (C=O) groups is 1.